The van der Waals surface area contributed by atoms with Crippen LogP contribution in [-0.2, 0) is 11.2 Å². The molecule has 162 valence electrons. The SMILES string of the molecule is Fc1ccc([C@H]2c3ccc(C4CCC4)cc3CCN2C2=NC[C@H]([C@@H]3CCCN3)O2)cc1. The molecule has 1 N–H and O–H groups in total. The minimum Gasteiger partial charge on any atom is -0.458 e. The topological polar surface area (TPSA) is 36.9 Å². The Labute approximate surface area is 183 Å². The van der Waals surface area contributed by atoms with Gasteiger partial charge in [0, 0.05) is 12.6 Å². The van der Waals surface area contributed by atoms with Gasteiger partial charge in [-0.2, -0.15) is 0 Å². The lowest BCUT2D eigenvalue weighted by molar-refractivity contribution is 0.140. The molecule has 0 radical (unpaired) electrons. The molecule has 5 heteroatoms. The van der Waals surface area contributed by atoms with Gasteiger partial charge in [0.1, 0.15) is 11.9 Å². The number of amidine groups is 1. The molecule has 3 heterocycles. The molecule has 1 saturated carbocycles. The van der Waals surface area contributed by atoms with Gasteiger partial charge in [-0.15, -0.1) is 0 Å². The van der Waals surface area contributed by atoms with Gasteiger partial charge >= 0.3 is 0 Å². The van der Waals surface area contributed by atoms with Crippen LogP contribution in [0.2, 0.25) is 0 Å². The molecular weight excluding hydrogens is 389 g/mol. The van der Waals surface area contributed by atoms with Crippen molar-refractivity contribution < 1.29 is 9.13 Å². The highest BCUT2D eigenvalue weighted by Gasteiger charge is 2.38. The lowest BCUT2D eigenvalue weighted by Gasteiger charge is -2.39. The van der Waals surface area contributed by atoms with E-state index in [9.17, 15) is 4.39 Å². The van der Waals surface area contributed by atoms with E-state index in [2.05, 4.69) is 28.4 Å². The first-order valence-electron chi connectivity index (χ1n) is 11.9. The van der Waals surface area contributed by atoms with E-state index in [1.54, 1.807) is 12.1 Å². The third-order valence-corrected chi connectivity index (χ3v) is 7.61. The van der Waals surface area contributed by atoms with Gasteiger partial charge in [0.15, 0.2) is 0 Å². The van der Waals surface area contributed by atoms with Gasteiger partial charge in [0.25, 0.3) is 6.02 Å². The van der Waals surface area contributed by atoms with Crippen molar-refractivity contribution in [2.75, 3.05) is 19.6 Å². The Morgan fingerprint density at radius 1 is 1.00 bits per heavy atom. The van der Waals surface area contributed by atoms with E-state index in [1.165, 1.54) is 42.4 Å². The van der Waals surface area contributed by atoms with Gasteiger partial charge in [-0.1, -0.05) is 36.8 Å². The second-order valence-corrected chi connectivity index (χ2v) is 9.47. The van der Waals surface area contributed by atoms with E-state index in [0.717, 1.165) is 43.4 Å². The highest BCUT2D eigenvalue weighted by Crippen LogP contribution is 2.41. The molecule has 2 fully saturated rings. The van der Waals surface area contributed by atoms with Crippen molar-refractivity contribution in [3.8, 4) is 0 Å². The smallest absolute Gasteiger partial charge is 0.288 e. The molecule has 0 aromatic heterocycles. The Kier molecular flexibility index (Phi) is 4.94. The number of ether oxygens (including phenoxy) is 1. The number of aliphatic imine (C=N–C) groups is 1. The van der Waals surface area contributed by atoms with Crippen LogP contribution in [0.25, 0.3) is 0 Å². The number of hydrogen-bond donors (Lipinski definition) is 1. The minimum atomic E-state index is -0.200. The number of fused-ring (bicyclic) bond motifs is 1. The van der Waals surface area contributed by atoms with E-state index >= 15 is 0 Å². The van der Waals surface area contributed by atoms with Gasteiger partial charge in [-0.25, -0.2) is 9.38 Å². The third kappa shape index (κ3) is 3.53. The van der Waals surface area contributed by atoms with Crippen LogP contribution in [0.4, 0.5) is 4.39 Å². The fourth-order valence-corrected chi connectivity index (χ4v) is 5.63. The summed E-state index contributed by atoms with van der Waals surface area (Å²) >= 11 is 0. The van der Waals surface area contributed by atoms with Crippen LogP contribution in [-0.4, -0.2) is 42.7 Å². The maximum Gasteiger partial charge on any atom is 0.288 e. The van der Waals surface area contributed by atoms with E-state index in [1.807, 2.05) is 12.1 Å². The van der Waals surface area contributed by atoms with Crippen LogP contribution >= 0.6 is 0 Å². The van der Waals surface area contributed by atoms with Crippen LogP contribution in [0.5, 0.6) is 0 Å². The third-order valence-electron chi connectivity index (χ3n) is 7.61. The molecule has 4 nitrogen and oxygen atoms in total. The zero-order chi connectivity index (χ0) is 20.8. The van der Waals surface area contributed by atoms with E-state index in [-0.39, 0.29) is 18.0 Å². The van der Waals surface area contributed by atoms with Gasteiger partial charge in [-0.3, -0.25) is 0 Å². The summed E-state index contributed by atoms with van der Waals surface area (Å²) in [5, 5.41) is 3.56. The summed E-state index contributed by atoms with van der Waals surface area (Å²) in [6, 6.07) is 15.1. The lowest BCUT2D eigenvalue weighted by Crippen LogP contribution is -2.43. The predicted molar refractivity (Wildman–Crippen MR) is 120 cm³/mol. The highest BCUT2D eigenvalue weighted by atomic mass is 19.1. The van der Waals surface area contributed by atoms with Crippen molar-refractivity contribution in [2.24, 2.45) is 4.99 Å². The maximum atomic E-state index is 13.7. The highest BCUT2D eigenvalue weighted by molar-refractivity contribution is 5.77. The lowest BCUT2D eigenvalue weighted by atomic mass is 9.78. The quantitative estimate of drug-likeness (QED) is 0.793. The summed E-state index contributed by atoms with van der Waals surface area (Å²) in [7, 11) is 0. The molecule has 3 aliphatic heterocycles. The normalized spacial score (nSPS) is 28.1. The molecule has 1 aliphatic carbocycles. The van der Waals surface area contributed by atoms with Crippen LogP contribution < -0.4 is 5.32 Å². The maximum absolute atomic E-state index is 13.7. The van der Waals surface area contributed by atoms with Crippen molar-refractivity contribution in [3.05, 3.63) is 70.5 Å². The first-order chi connectivity index (χ1) is 15.3. The van der Waals surface area contributed by atoms with Crippen molar-refractivity contribution in [1.82, 2.24) is 10.2 Å². The molecule has 0 spiro atoms. The van der Waals surface area contributed by atoms with E-state index in [0.29, 0.717) is 12.6 Å². The van der Waals surface area contributed by atoms with E-state index < -0.39 is 0 Å². The Balaban J connectivity index is 1.33. The van der Waals surface area contributed by atoms with Gasteiger partial charge in [0.2, 0.25) is 0 Å². The summed E-state index contributed by atoms with van der Waals surface area (Å²) in [5.41, 5.74) is 5.29. The summed E-state index contributed by atoms with van der Waals surface area (Å²) < 4.78 is 20.1. The average Bonchev–Trinajstić information content (AvgIpc) is 3.44. The Bertz CT molecular complexity index is 979. The average molecular weight is 420 g/mol. The summed E-state index contributed by atoms with van der Waals surface area (Å²) in [4.78, 5) is 7.13. The number of halogens is 1. The molecule has 3 atom stereocenters. The Morgan fingerprint density at radius 3 is 2.58 bits per heavy atom. The minimum absolute atomic E-state index is 0.00817. The zero-order valence-electron chi connectivity index (χ0n) is 17.9. The number of benzene rings is 2. The molecule has 0 amide bonds. The van der Waals surface area contributed by atoms with Gasteiger partial charge < -0.3 is 15.0 Å². The second-order valence-electron chi connectivity index (χ2n) is 9.47. The standard InChI is InChI=1S/C26H30FN3O/c27-21-9-6-18(7-10-21)25-22-11-8-19(17-3-1-4-17)15-20(22)12-14-30(25)26-29-16-24(31-26)23-5-2-13-28-23/h6-11,15,17,23-25,28H,1-5,12-14,16H2/t23-,24+,25-/m0/s1. The largest absolute Gasteiger partial charge is 0.458 e. The molecular formula is C26H30FN3O. The Hall–Kier alpha value is -2.40. The van der Waals surface area contributed by atoms with Crippen molar-refractivity contribution in [3.63, 3.8) is 0 Å². The van der Waals surface area contributed by atoms with Gasteiger partial charge in [0.05, 0.1) is 12.6 Å². The first-order valence-corrected chi connectivity index (χ1v) is 11.9. The number of nitrogens with zero attached hydrogens (tertiary/aromatic N) is 2. The van der Waals surface area contributed by atoms with Crippen LogP contribution in [0.15, 0.2) is 47.5 Å². The predicted octanol–water partition coefficient (Wildman–Crippen LogP) is 4.55. The molecule has 0 unspecified atom stereocenters. The van der Waals surface area contributed by atoms with Crippen LogP contribution in [0.3, 0.4) is 0 Å². The second kappa shape index (κ2) is 7.94. The fourth-order valence-electron chi connectivity index (χ4n) is 5.63. The fraction of sp³-hybridized carbons (Fsp3) is 0.500. The van der Waals surface area contributed by atoms with Crippen molar-refractivity contribution in [2.45, 2.75) is 62.6 Å². The number of rotatable bonds is 3. The zero-order valence-corrected chi connectivity index (χ0v) is 17.9. The molecule has 2 aromatic carbocycles. The molecule has 0 bridgehead atoms. The van der Waals surface area contributed by atoms with Crippen LogP contribution in [0, 0.1) is 5.82 Å². The molecule has 4 aliphatic rings. The number of hydrogen-bond acceptors (Lipinski definition) is 4. The number of nitrogens with one attached hydrogen (secondary N) is 1. The summed E-state index contributed by atoms with van der Waals surface area (Å²) in [6.07, 6.45) is 7.44. The molecule has 6 rings (SSSR count). The summed E-state index contributed by atoms with van der Waals surface area (Å²) in [6.45, 7) is 2.65. The first kappa shape index (κ1) is 19.3. The van der Waals surface area contributed by atoms with Crippen molar-refractivity contribution in [1.29, 1.82) is 0 Å². The van der Waals surface area contributed by atoms with Crippen LogP contribution in [0.1, 0.15) is 66.3 Å². The van der Waals surface area contributed by atoms with E-state index in [4.69, 9.17) is 9.73 Å². The summed E-state index contributed by atoms with van der Waals surface area (Å²) in [5.74, 6) is 0.531. The van der Waals surface area contributed by atoms with Crippen molar-refractivity contribution >= 4 is 6.02 Å². The molecule has 31 heavy (non-hydrogen) atoms. The monoisotopic (exact) mass is 419 g/mol. The van der Waals surface area contributed by atoms with Gasteiger partial charge in [-0.05, 0) is 79.0 Å². The Morgan fingerprint density at radius 2 is 1.84 bits per heavy atom. The molecule has 1 saturated heterocycles. The molecule has 2 aromatic rings.